The van der Waals surface area contributed by atoms with Crippen molar-refractivity contribution in [3.63, 3.8) is 0 Å². The molecule has 0 unspecified atom stereocenters. The monoisotopic (exact) mass is 248 g/mol. The molecule has 0 atom stereocenters. The fourth-order valence-electron chi connectivity index (χ4n) is 1.64. The second-order valence-corrected chi connectivity index (χ2v) is 6.76. The molecule has 0 saturated carbocycles. The third kappa shape index (κ3) is 3.49. The van der Waals surface area contributed by atoms with Crippen molar-refractivity contribution in [1.29, 1.82) is 0 Å². The molecule has 1 amide bonds. The van der Waals surface area contributed by atoms with E-state index in [9.17, 15) is 4.79 Å². The van der Waals surface area contributed by atoms with E-state index < -0.39 is 5.41 Å². The molecule has 0 aliphatic carbocycles. The zero-order valence-corrected chi connectivity index (χ0v) is 12.2. The van der Waals surface area contributed by atoms with Crippen LogP contribution in [0.15, 0.2) is 18.2 Å². The van der Waals surface area contributed by atoms with Crippen molar-refractivity contribution < 1.29 is 4.79 Å². The SMILES string of the molecule is CC(C)(C)C(=O)Nc1ccc(C(C)(C)C)c(N)c1. The number of carbonyl (C=O) groups is 1. The molecule has 0 aromatic heterocycles. The lowest BCUT2D eigenvalue weighted by molar-refractivity contribution is -0.123. The van der Waals surface area contributed by atoms with Gasteiger partial charge in [0.2, 0.25) is 5.91 Å². The van der Waals surface area contributed by atoms with Crippen LogP contribution < -0.4 is 11.1 Å². The number of nitrogen functional groups attached to an aromatic ring is 1. The number of benzene rings is 1. The molecule has 1 aromatic rings. The molecule has 0 radical (unpaired) electrons. The Labute approximate surface area is 110 Å². The van der Waals surface area contributed by atoms with Crippen LogP contribution in [0.3, 0.4) is 0 Å². The van der Waals surface area contributed by atoms with Crippen molar-refractivity contribution in [1.82, 2.24) is 0 Å². The molecule has 100 valence electrons. The van der Waals surface area contributed by atoms with Gasteiger partial charge in [-0.15, -0.1) is 0 Å². The van der Waals surface area contributed by atoms with Gasteiger partial charge < -0.3 is 11.1 Å². The zero-order valence-electron chi connectivity index (χ0n) is 12.2. The Morgan fingerprint density at radius 3 is 2.06 bits per heavy atom. The summed E-state index contributed by atoms with van der Waals surface area (Å²) in [5.41, 5.74) is 8.21. The highest BCUT2D eigenvalue weighted by atomic mass is 16.2. The third-order valence-corrected chi connectivity index (χ3v) is 2.80. The summed E-state index contributed by atoms with van der Waals surface area (Å²) in [6.07, 6.45) is 0. The molecule has 18 heavy (non-hydrogen) atoms. The highest BCUT2D eigenvalue weighted by molar-refractivity contribution is 5.95. The molecule has 0 fully saturated rings. The number of carbonyl (C=O) groups excluding carboxylic acids is 1. The molecule has 0 saturated heterocycles. The smallest absolute Gasteiger partial charge is 0.229 e. The number of amides is 1. The van der Waals surface area contributed by atoms with Crippen molar-refractivity contribution >= 4 is 17.3 Å². The Morgan fingerprint density at radius 2 is 1.67 bits per heavy atom. The summed E-state index contributed by atoms with van der Waals surface area (Å²) in [7, 11) is 0. The van der Waals surface area contributed by atoms with Crippen LogP contribution in [0.1, 0.15) is 47.1 Å². The van der Waals surface area contributed by atoms with Crippen LogP contribution in [0.25, 0.3) is 0 Å². The lowest BCUT2D eigenvalue weighted by Gasteiger charge is -2.23. The Morgan fingerprint density at radius 1 is 1.11 bits per heavy atom. The topological polar surface area (TPSA) is 55.1 Å². The molecule has 0 heterocycles. The summed E-state index contributed by atoms with van der Waals surface area (Å²) in [4.78, 5) is 11.9. The average molecular weight is 248 g/mol. The van der Waals surface area contributed by atoms with Gasteiger partial charge >= 0.3 is 0 Å². The van der Waals surface area contributed by atoms with Gasteiger partial charge in [0.25, 0.3) is 0 Å². The highest BCUT2D eigenvalue weighted by Crippen LogP contribution is 2.30. The summed E-state index contributed by atoms with van der Waals surface area (Å²) >= 11 is 0. The zero-order chi connectivity index (χ0) is 14.1. The maximum atomic E-state index is 11.9. The lowest BCUT2D eigenvalue weighted by Crippen LogP contribution is -2.27. The van der Waals surface area contributed by atoms with Crippen LogP contribution in [0.2, 0.25) is 0 Å². The lowest BCUT2D eigenvalue weighted by atomic mass is 9.85. The van der Waals surface area contributed by atoms with E-state index in [0.717, 1.165) is 11.3 Å². The number of hydrogen-bond donors (Lipinski definition) is 2. The summed E-state index contributed by atoms with van der Waals surface area (Å²) in [6, 6.07) is 5.71. The van der Waals surface area contributed by atoms with Gasteiger partial charge in [-0.25, -0.2) is 0 Å². The van der Waals surface area contributed by atoms with Gasteiger partial charge in [0.1, 0.15) is 0 Å². The van der Waals surface area contributed by atoms with Gasteiger partial charge in [-0.1, -0.05) is 47.6 Å². The molecule has 0 bridgehead atoms. The molecule has 0 spiro atoms. The fourth-order valence-corrected chi connectivity index (χ4v) is 1.64. The van der Waals surface area contributed by atoms with Crippen LogP contribution in [-0.4, -0.2) is 5.91 Å². The fraction of sp³-hybridized carbons (Fsp3) is 0.533. The van der Waals surface area contributed by atoms with Crippen molar-refractivity contribution in [2.24, 2.45) is 5.41 Å². The summed E-state index contributed by atoms with van der Waals surface area (Å²) in [5, 5.41) is 2.88. The molecule has 3 heteroatoms. The van der Waals surface area contributed by atoms with E-state index in [4.69, 9.17) is 5.73 Å². The second kappa shape index (κ2) is 4.63. The Bertz CT molecular complexity index is 451. The molecule has 3 N–H and O–H groups in total. The number of anilines is 2. The van der Waals surface area contributed by atoms with E-state index in [1.165, 1.54) is 0 Å². The molecular formula is C15H24N2O. The van der Waals surface area contributed by atoms with Gasteiger partial charge in [-0.05, 0) is 23.1 Å². The number of nitrogens with two attached hydrogens (primary N) is 1. The minimum absolute atomic E-state index is 0.00888. The van der Waals surface area contributed by atoms with E-state index in [0.29, 0.717) is 5.69 Å². The predicted octanol–water partition coefficient (Wildman–Crippen LogP) is 3.55. The Balaban J connectivity index is 2.96. The Kier molecular flexibility index (Phi) is 3.75. The first-order valence-corrected chi connectivity index (χ1v) is 6.23. The first-order chi connectivity index (χ1) is 8.01. The maximum Gasteiger partial charge on any atom is 0.229 e. The van der Waals surface area contributed by atoms with E-state index in [-0.39, 0.29) is 11.3 Å². The van der Waals surface area contributed by atoms with Crippen LogP contribution >= 0.6 is 0 Å². The van der Waals surface area contributed by atoms with E-state index >= 15 is 0 Å². The number of hydrogen-bond acceptors (Lipinski definition) is 2. The van der Waals surface area contributed by atoms with Crippen LogP contribution in [0.4, 0.5) is 11.4 Å². The molecule has 1 rings (SSSR count). The molecule has 0 aliphatic rings. The van der Waals surface area contributed by atoms with Crippen molar-refractivity contribution in [2.45, 2.75) is 47.0 Å². The molecule has 3 nitrogen and oxygen atoms in total. The van der Waals surface area contributed by atoms with E-state index in [1.54, 1.807) is 0 Å². The van der Waals surface area contributed by atoms with Gasteiger partial charge in [-0.2, -0.15) is 0 Å². The first kappa shape index (κ1) is 14.6. The second-order valence-electron chi connectivity index (χ2n) is 6.76. The van der Waals surface area contributed by atoms with Crippen LogP contribution in [0.5, 0.6) is 0 Å². The number of rotatable bonds is 1. The molecular weight excluding hydrogens is 224 g/mol. The van der Waals surface area contributed by atoms with E-state index in [2.05, 4.69) is 26.1 Å². The first-order valence-electron chi connectivity index (χ1n) is 6.23. The van der Waals surface area contributed by atoms with Crippen molar-refractivity contribution in [3.05, 3.63) is 23.8 Å². The summed E-state index contributed by atoms with van der Waals surface area (Å²) in [6.45, 7) is 12.0. The predicted molar refractivity (Wildman–Crippen MR) is 77.6 cm³/mol. The summed E-state index contributed by atoms with van der Waals surface area (Å²) < 4.78 is 0. The standard InChI is InChI=1S/C15H24N2O/c1-14(2,3)11-8-7-10(9-12(11)16)17-13(18)15(4,5)6/h7-9H,16H2,1-6H3,(H,17,18). The normalized spacial score (nSPS) is 12.3. The minimum Gasteiger partial charge on any atom is -0.398 e. The van der Waals surface area contributed by atoms with E-state index in [1.807, 2.05) is 39.0 Å². The maximum absolute atomic E-state index is 11.9. The average Bonchev–Trinajstić information content (AvgIpc) is 2.13. The Hall–Kier alpha value is -1.51. The van der Waals surface area contributed by atoms with Crippen molar-refractivity contribution in [2.75, 3.05) is 11.1 Å². The largest absolute Gasteiger partial charge is 0.398 e. The summed E-state index contributed by atoms with van der Waals surface area (Å²) in [5.74, 6) is -0.00888. The molecule has 1 aromatic carbocycles. The van der Waals surface area contributed by atoms with Gasteiger partial charge in [0, 0.05) is 16.8 Å². The van der Waals surface area contributed by atoms with Crippen molar-refractivity contribution in [3.8, 4) is 0 Å². The quantitative estimate of drug-likeness (QED) is 0.747. The van der Waals surface area contributed by atoms with Crippen LogP contribution in [0, 0.1) is 5.41 Å². The highest BCUT2D eigenvalue weighted by Gasteiger charge is 2.22. The van der Waals surface area contributed by atoms with Gasteiger partial charge in [0.05, 0.1) is 0 Å². The van der Waals surface area contributed by atoms with Gasteiger partial charge in [-0.3, -0.25) is 4.79 Å². The van der Waals surface area contributed by atoms with Crippen LogP contribution in [-0.2, 0) is 10.2 Å². The number of nitrogens with one attached hydrogen (secondary N) is 1. The van der Waals surface area contributed by atoms with Gasteiger partial charge in [0.15, 0.2) is 0 Å². The minimum atomic E-state index is -0.405. The third-order valence-electron chi connectivity index (χ3n) is 2.80. The molecule has 0 aliphatic heterocycles.